The number of halogens is 1. The van der Waals surface area contributed by atoms with Crippen molar-refractivity contribution in [2.75, 3.05) is 5.32 Å². The number of nitrogens with one attached hydrogen (secondary N) is 1. The Labute approximate surface area is 178 Å². The number of fused-ring (bicyclic) bond motifs is 1. The zero-order valence-electron chi connectivity index (χ0n) is 16.5. The summed E-state index contributed by atoms with van der Waals surface area (Å²) in [6.45, 7) is 3.59. The fourth-order valence-electron chi connectivity index (χ4n) is 3.24. The van der Waals surface area contributed by atoms with E-state index < -0.39 is 0 Å². The summed E-state index contributed by atoms with van der Waals surface area (Å²) in [5.74, 6) is -0.134. The summed E-state index contributed by atoms with van der Waals surface area (Å²) in [7, 11) is 0. The third-order valence-electron chi connectivity index (χ3n) is 4.70. The van der Waals surface area contributed by atoms with E-state index >= 15 is 0 Å². The number of carbonyl (C=O) groups is 1. The van der Waals surface area contributed by atoms with Gasteiger partial charge >= 0.3 is 0 Å². The van der Waals surface area contributed by atoms with Crippen molar-refractivity contribution in [1.82, 2.24) is 14.8 Å². The maximum atomic E-state index is 12.6. The fourth-order valence-corrected chi connectivity index (χ4v) is 3.36. The second-order valence-corrected chi connectivity index (χ2v) is 7.55. The third kappa shape index (κ3) is 4.23. The van der Waals surface area contributed by atoms with Crippen LogP contribution >= 0.6 is 11.6 Å². The maximum absolute atomic E-state index is 12.6. The molecular weight excluding hydrogens is 400 g/mol. The molecule has 0 saturated heterocycles. The number of nitrogens with zero attached hydrogens (tertiary/aromatic N) is 3. The van der Waals surface area contributed by atoms with Crippen molar-refractivity contribution in [2.45, 2.75) is 20.4 Å². The van der Waals surface area contributed by atoms with Crippen LogP contribution in [0.15, 0.2) is 65.6 Å². The van der Waals surface area contributed by atoms with Crippen LogP contribution in [-0.4, -0.2) is 20.7 Å². The van der Waals surface area contributed by atoms with E-state index in [9.17, 15) is 9.59 Å². The van der Waals surface area contributed by atoms with E-state index in [-0.39, 0.29) is 11.5 Å². The fraction of sp³-hybridized carbons (Fsp3) is 0.130. The molecule has 0 bridgehead atoms. The van der Waals surface area contributed by atoms with E-state index in [0.29, 0.717) is 28.5 Å². The number of aryl methyl sites for hydroxylation is 1. The van der Waals surface area contributed by atoms with Gasteiger partial charge in [-0.15, -0.1) is 0 Å². The Morgan fingerprint density at radius 1 is 1.10 bits per heavy atom. The average molecular weight is 419 g/mol. The first-order valence-electron chi connectivity index (χ1n) is 9.40. The largest absolute Gasteiger partial charge is 0.326 e. The van der Waals surface area contributed by atoms with Crippen LogP contribution in [0.25, 0.3) is 22.2 Å². The van der Waals surface area contributed by atoms with E-state index in [2.05, 4.69) is 15.4 Å². The molecule has 30 heavy (non-hydrogen) atoms. The van der Waals surface area contributed by atoms with E-state index in [4.69, 9.17) is 11.6 Å². The number of carbonyl (C=O) groups excluding carboxylic acids is 1. The van der Waals surface area contributed by atoms with Gasteiger partial charge in [0.05, 0.1) is 17.8 Å². The van der Waals surface area contributed by atoms with Crippen molar-refractivity contribution in [3.8, 4) is 11.3 Å². The molecule has 2 aromatic heterocycles. The molecule has 0 aliphatic carbocycles. The molecule has 0 aliphatic rings. The van der Waals surface area contributed by atoms with Crippen LogP contribution in [0.2, 0.25) is 5.02 Å². The molecule has 0 saturated carbocycles. The van der Waals surface area contributed by atoms with Gasteiger partial charge in [0.2, 0.25) is 5.91 Å². The third-order valence-corrected chi connectivity index (χ3v) is 4.95. The molecule has 150 valence electrons. The summed E-state index contributed by atoms with van der Waals surface area (Å²) in [6.07, 6.45) is 1.74. The predicted octanol–water partition coefficient (Wildman–Crippen LogP) is 4.43. The van der Waals surface area contributed by atoms with Crippen LogP contribution in [0.5, 0.6) is 0 Å². The molecule has 0 unspecified atom stereocenters. The predicted molar refractivity (Wildman–Crippen MR) is 119 cm³/mol. The number of anilines is 1. The highest BCUT2D eigenvalue weighted by Crippen LogP contribution is 2.24. The second-order valence-electron chi connectivity index (χ2n) is 7.11. The summed E-state index contributed by atoms with van der Waals surface area (Å²) in [4.78, 5) is 28.4. The SMILES string of the molecule is CC(=O)Nc1ccc2ncc(-c3cc(C)c(=O)n(Cc4ccc(Cl)cc4)n3)cc2c1. The first-order valence-corrected chi connectivity index (χ1v) is 9.78. The zero-order valence-corrected chi connectivity index (χ0v) is 17.3. The van der Waals surface area contributed by atoms with Gasteiger partial charge in [-0.25, -0.2) is 4.68 Å². The van der Waals surface area contributed by atoms with Crippen molar-refractivity contribution in [3.63, 3.8) is 0 Å². The first kappa shape index (κ1) is 19.8. The van der Waals surface area contributed by atoms with Crippen molar-refractivity contribution < 1.29 is 4.79 Å². The van der Waals surface area contributed by atoms with Gasteiger partial charge in [0, 0.05) is 40.3 Å². The van der Waals surface area contributed by atoms with Crippen molar-refractivity contribution in [1.29, 1.82) is 0 Å². The summed E-state index contributed by atoms with van der Waals surface area (Å²) in [5.41, 5.74) is 4.33. The Morgan fingerprint density at radius 2 is 1.87 bits per heavy atom. The molecule has 4 rings (SSSR count). The van der Waals surface area contributed by atoms with Gasteiger partial charge in [-0.1, -0.05) is 23.7 Å². The van der Waals surface area contributed by atoms with Crippen molar-refractivity contribution >= 4 is 34.1 Å². The minimum atomic E-state index is -0.143. The molecule has 4 aromatic rings. The van der Waals surface area contributed by atoms with E-state index in [1.54, 1.807) is 31.3 Å². The normalized spacial score (nSPS) is 10.9. The van der Waals surface area contributed by atoms with Gasteiger partial charge in [-0.05, 0) is 55.0 Å². The number of pyridine rings is 1. The lowest BCUT2D eigenvalue weighted by Gasteiger charge is -2.10. The first-order chi connectivity index (χ1) is 14.4. The van der Waals surface area contributed by atoms with Crippen LogP contribution in [0.4, 0.5) is 5.69 Å². The van der Waals surface area contributed by atoms with Gasteiger partial charge < -0.3 is 5.32 Å². The minimum absolute atomic E-state index is 0.134. The number of hydrogen-bond acceptors (Lipinski definition) is 4. The quantitative estimate of drug-likeness (QED) is 0.532. The number of hydrogen-bond donors (Lipinski definition) is 1. The van der Waals surface area contributed by atoms with Crippen LogP contribution in [0.3, 0.4) is 0 Å². The second kappa shape index (κ2) is 8.08. The Bertz CT molecular complexity index is 1310. The van der Waals surface area contributed by atoms with E-state index in [1.807, 2.05) is 36.4 Å². The number of rotatable bonds is 4. The average Bonchev–Trinajstić information content (AvgIpc) is 2.72. The lowest BCUT2D eigenvalue weighted by atomic mass is 10.1. The highest BCUT2D eigenvalue weighted by Gasteiger charge is 2.10. The molecule has 2 aromatic carbocycles. The van der Waals surface area contributed by atoms with Crippen LogP contribution < -0.4 is 10.9 Å². The Kier molecular flexibility index (Phi) is 5.33. The van der Waals surface area contributed by atoms with Crippen LogP contribution in [-0.2, 0) is 11.3 Å². The Balaban J connectivity index is 1.74. The summed E-state index contributed by atoms with van der Waals surface area (Å²) >= 11 is 5.95. The van der Waals surface area contributed by atoms with Crippen LogP contribution in [0.1, 0.15) is 18.1 Å². The number of amides is 1. The maximum Gasteiger partial charge on any atom is 0.270 e. The van der Waals surface area contributed by atoms with E-state index in [0.717, 1.165) is 22.0 Å². The van der Waals surface area contributed by atoms with E-state index in [1.165, 1.54) is 11.6 Å². The highest BCUT2D eigenvalue weighted by atomic mass is 35.5. The summed E-state index contributed by atoms with van der Waals surface area (Å²) < 4.78 is 1.45. The van der Waals surface area contributed by atoms with Gasteiger partial charge in [-0.3, -0.25) is 14.6 Å². The summed E-state index contributed by atoms with van der Waals surface area (Å²) in [6, 6.07) is 16.6. The monoisotopic (exact) mass is 418 g/mol. The molecule has 0 radical (unpaired) electrons. The van der Waals surface area contributed by atoms with Gasteiger partial charge in [0.1, 0.15) is 0 Å². The number of aromatic nitrogens is 3. The lowest BCUT2D eigenvalue weighted by Crippen LogP contribution is -2.25. The molecule has 0 spiro atoms. The van der Waals surface area contributed by atoms with Gasteiger partial charge in [-0.2, -0.15) is 5.10 Å². The highest BCUT2D eigenvalue weighted by molar-refractivity contribution is 6.30. The van der Waals surface area contributed by atoms with Gasteiger partial charge in [0.15, 0.2) is 0 Å². The molecule has 0 atom stereocenters. The molecular formula is C23H19ClN4O2. The summed E-state index contributed by atoms with van der Waals surface area (Å²) in [5, 5.41) is 8.85. The molecule has 0 fully saturated rings. The Morgan fingerprint density at radius 3 is 2.60 bits per heavy atom. The molecule has 6 nitrogen and oxygen atoms in total. The van der Waals surface area contributed by atoms with Crippen LogP contribution in [0, 0.1) is 6.92 Å². The standard InChI is InChI=1S/C23H19ClN4O2/c1-14-9-22(27-28(23(14)30)13-16-3-5-19(24)6-4-16)18-10-17-11-20(26-15(2)29)7-8-21(17)25-12-18/h3-12H,13H2,1-2H3,(H,26,29). The van der Waals surface area contributed by atoms with Crippen molar-refractivity contribution in [2.24, 2.45) is 0 Å². The molecule has 2 heterocycles. The molecule has 1 N–H and O–H groups in total. The molecule has 0 aliphatic heterocycles. The smallest absolute Gasteiger partial charge is 0.270 e. The molecule has 7 heteroatoms. The topological polar surface area (TPSA) is 76.9 Å². The molecule has 1 amide bonds. The van der Waals surface area contributed by atoms with Gasteiger partial charge in [0.25, 0.3) is 5.56 Å². The lowest BCUT2D eigenvalue weighted by molar-refractivity contribution is -0.114. The minimum Gasteiger partial charge on any atom is -0.326 e. The van der Waals surface area contributed by atoms with Crippen molar-refractivity contribution in [3.05, 3.63) is 87.3 Å². The Hall–Kier alpha value is -3.51. The number of benzene rings is 2. The zero-order chi connectivity index (χ0) is 21.3.